The molecule has 0 aliphatic heterocycles. The van der Waals surface area contributed by atoms with Gasteiger partial charge in [0.1, 0.15) is 23.1 Å². The lowest BCUT2D eigenvalue weighted by molar-refractivity contribution is -0.142. The molecular formula is C10H11F2NO5S. The molecule has 0 spiro atoms. The summed E-state index contributed by atoms with van der Waals surface area (Å²) in [7, 11) is -4.13. The van der Waals surface area contributed by atoms with E-state index in [1.54, 1.807) is 0 Å². The van der Waals surface area contributed by atoms with Crippen molar-refractivity contribution in [1.82, 2.24) is 4.72 Å². The second-order valence-corrected chi connectivity index (χ2v) is 5.15. The van der Waals surface area contributed by atoms with Crippen LogP contribution in [-0.4, -0.2) is 39.3 Å². The number of hydrogen-bond acceptors (Lipinski definition) is 4. The minimum absolute atomic E-state index is 0.186. The molecule has 106 valence electrons. The van der Waals surface area contributed by atoms with Crippen molar-refractivity contribution < 1.29 is 31.8 Å². The Labute approximate surface area is 108 Å². The van der Waals surface area contributed by atoms with E-state index in [2.05, 4.69) is 4.74 Å². The van der Waals surface area contributed by atoms with E-state index in [0.29, 0.717) is 6.07 Å². The predicted octanol–water partition coefficient (Wildman–Crippen LogP) is 0.344. The van der Waals surface area contributed by atoms with Gasteiger partial charge in [-0.3, -0.25) is 0 Å². The maximum Gasteiger partial charge on any atom is 0.329 e. The third kappa shape index (κ3) is 4.89. The van der Waals surface area contributed by atoms with E-state index in [1.165, 1.54) is 0 Å². The van der Waals surface area contributed by atoms with Gasteiger partial charge in [0.25, 0.3) is 0 Å². The van der Waals surface area contributed by atoms with Crippen LogP contribution in [0.15, 0.2) is 23.1 Å². The van der Waals surface area contributed by atoms with E-state index in [1.807, 2.05) is 4.72 Å². The molecule has 0 atom stereocenters. The molecule has 0 amide bonds. The predicted molar refractivity (Wildman–Crippen MR) is 60.0 cm³/mol. The number of halogens is 2. The Bertz CT molecular complexity index is 561. The second-order valence-electron chi connectivity index (χ2n) is 3.42. The number of carboxylic acid groups (broad SMARTS) is 1. The highest BCUT2D eigenvalue weighted by molar-refractivity contribution is 7.89. The van der Waals surface area contributed by atoms with Crippen LogP contribution in [0.1, 0.15) is 0 Å². The topological polar surface area (TPSA) is 92.7 Å². The first-order valence-corrected chi connectivity index (χ1v) is 6.55. The highest BCUT2D eigenvalue weighted by Crippen LogP contribution is 2.14. The van der Waals surface area contributed by atoms with Crippen LogP contribution in [-0.2, 0) is 19.6 Å². The minimum Gasteiger partial charge on any atom is -0.480 e. The van der Waals surface area contributed by atoms with E-state index in [9.17, 15) is 22.0 Å². The summed E-state index contributed by atoms with van der Waals surface area (Å²) in [6.45, 7) is -0.979. The summed E-state index contributed by atoms with van der Waals surface area (Å²) >= 11 is 0. The monoisotopic (exact) mass is 295 g/mol. The lowest BCUT2D eigenvalue weighted by Gasteiger charge is -2.07. The van der Waals surface area contributed by atoms with Crippen molar-refractivity contribution in [1.29, 1.82) is 0 Å². The van der Waals surface area contributed by atoms with Gasteiger partial charge in [0.05, 0.1) is 6.61 Å². The van der Waals surface area contributed by atoms with Crippen molar-refractivity contribution in [3.63, 3.8) is 0 Å². The minimum atomic E-state index is -4.13. The number of benzene rings is 1. The summed E-state index contributed by atoms with van der Waals surface area (Å²) in [6, 6.07) is 2.07. The third-order valence-corrected chi connectivity index (χ3v) is 3.44. The van der Waals surface area contributed by atoms with Crippen LogP contribution in [0, 0.1) is 11.6 Å². The zero-order valence-electron chi connectivity index (χ0n) is 9.60. The lowest BCUT2D eigenvalue weighted by Crippen LogP contribution is -2.28. The fraction of sp³-hybridized carbons (Fsp3) is 0.300. The highest BCUT2D eigenvalue weighted by Gasteiger charge is 2.18. The Morgan fingerprint density at radius 3 is 2.63 bits per heavy atom. The van der Waals surface area contributed by atoms with Crippen LogP contribution in [0.2, 0.25) is 0 Å². The highest BCUT2D eigenvalue weighted by atomic mass is 32.2. The van der Waals surface area contributed by atoms with Crippen LogP contribution in [0.3, 0.4) is 0 Å². The molecule has 9 heteroatoms. The first kappa shape index (κ1) is 15.5. The zero-order chi connectivity index (χ0) is 14.5. The molecule has 0 saturated heterocycles. The Morgan fingerprint density at radius 2 is 2.05 bits per heavy atom. The normalized spacial score (nSPS) is 11.5. The molecule has 0 bridgehead atoms. The van der Waals surface area contributed by atoms with Gasteiger partial charge in [-0.2, -0.15) is 0 Å². The molecule has 0 aromatic heterocycles. The molecule has 0 unspecified atom stereocenters. The van der Waals surface area contributed by atoms with E-state index in [-0.39, 0.29) is 13.2 Å². The number of aliphatic carboxylic acids is 1. The van der Waals surface area contributed by atoms with E-state index in [4.69, 9.17) is 5.11 Å². The Balaban J connectivity index is 2.59. The fourth-order valence-electron chi connectivity index (χ4n) is 1.18. The van der Waals surface area contributed by atoms with Crippen molar-refractivity contribution in [2.45, 2.75) is 4.90 Å². The number of nitrogens with one attached hydrogen (secondary N) is 1. The van der Waals surface area contributed by atoms with Crippen molar-refractivity contribution in [3.8, 4) is 0 Å². The first-order valence-electron chi connectivity index (χ1n) is 5.07. The second kappa shape index (κ2) is 6.55. The van der Waals surface area contributed by atoms with Crippen LogP contribution < -0.4 is 4.72 Å². The maximum absolute atomic E-state index is 13.3. The molecule has 0 fully saturated rings. The molecular weight excluding hydrogens is 284 g/mol. The molecule has 1 aromatic rings. The summed E-state index contributed by atoms with van der Waals surface area (Å²) in [4.78, 5) is 9.42. The molecule has 1 aromatic carbocycles. The number of rotatable bonds is 7. The zero-order valence-corrected chi connectivity index (χ0v) is 10.4. The van der Waals surface area contributed by atoms with Gasteiger partial charge in [0.2, 0.25) is 10.0 Å². The summed E-state index contributed by atoms with van der Waals surface area (Å²) < 4.78 is 55.7. The molecule has 0 saturated carbocycles. The van der Waals surface area contributed by atoms with Gasteiger partial charge in [-0.25, -0.2) is 26.7 Å². The molecule has 1 rings (SSSR count). The molecule has 0 aliphatic rings. The van der Waals surface area contributed by atoms with Crippen LogP contribution in [0.5, 0.6) is 0 Å². The Kier molecular flexibility index (Phi) is 5.33. The Morgan fingerprint density at radius 1 is 1.37 bits per heavy atom. The number of hydrogen-bond donors (Lipinski definition) is 2. The van der Waals surface area contributed by atoms with Gasteiger partial charge in [-0.1, -0.05) is 0 Å². The molecule has 19 heavy (non-hydrogen) atoms. The number of ether oxygens (including phenoxy) is 1. The van der Waals surface area contributed by atoms with Gasteiger partial charge in [-0.15, -0.1) is 0 Å². The Hall–Kier alpha value is -1.58. The van der Waals surface area contributed by atoms with Crippen molar-refractivity contribution in [3.05, 3.63) is 29.8 Å². The average molecular weight is 295 g/mol. The van der Waals surface area contributed by atoms with Gasteiger partial charge in [-0.05, 0) is 12.1 Å². The van der Waals surface area contributed by atoms with Crippen molar-refractivity contribution in [2.75, 3.05) is 19.8 Å². The number of carboxylic acids is 1. The van der Waals surface area contributed by atoms with Crippen molar-refractivity contribution >= 4 is 16.0 Å². The largest absolute Gasteiger partial charge is 0.480 e. The van der Waals surface area contributed by atoms with Gasteiger partial charge >= 0.3 is 5.97 Å². The van der Waals surface area contributed by atoms with Gasteiger partial charge in [0.15, 0.2) is 0 Å². The molecule has 0 heterocycles. The molecule has 2 N–H and O–H groups in total. The van der Waals surface area contributed by atoms with Crippen LogP contribution in [0.4, 0.5) is 8.78 Å². The van der Waals surface area contributed by atoms with Gasteiger partial charge < -0.3 is 9.84 Å². The van der Waals surface area contributed by atoms with Crippen LogP contribution >= 0.6 is 0 Å². The average Bonchev–Trinajstić information content (AvgIpc) is 2.27. The van der Waals surface area contributed by atoms with E-state index < -0.39 is 39.1 Å². The number of sulfonamides is 1. The first-order chi connectivity index (χ1) is 8.83. The summed E-state index contributed by atoms with van der Waals surface area (Å²) in [5.41, 5.74) is 0. The summed E-state index contributed by atoms with van der Waals surface area (Å²) in [6.07, 6.45) is 0. The smallest absolute Gasteiger partial charge is 0.329 e. The standard InChI is InChI=1S/C10H11F2NO5S/c11-7-1-2-9(8(12)5-7)19(16,17)13-3-4-18-6-10(14)15/h1-2,5,13H,3-4,6H2,(H,14,15). The lowest BCUT2D eigenvalue weighted by atomic mass is 10.3. The molecule has 0 radical (unpaired) electrons. The molecule has 0 aliphatic carbocycles. The molecule has 6 nitrogen and oxygen atoms in total. The quantitative estimate of drug-likeness (QED) is 0.708. The van der Waals surface area contributed by atoms with E-state index in [0.717, 1.165) is 12.1 Å². The third-order valence-electron chi connectivity index (χ3n) is 1.95. The van der Waals surface area contributed by atoms with Gasteiger partial charge in [0, 0.05) is 12.6 Å². The SMILES string of the molecule is O=C(O)COCCNS(=O)(=O)c1ccc(F)cc1F. The van der Waals surface area contributed by atoms with Crippen LogP contribution in [0.25, 0.3) is 0 Å². The fourth-order valence-corrected chi connectivity index (χ4v) is 2.25. The number of carbonyl (C=O) groups is 1. The maximum atomic E-state index is 13.3. The summed E-state index contributed by atoms with van der Waals surface area (Å²) in [5.74, 6) is -3.28. The van der Waals surface area contributed by atoms with E-state index >= 15 is 0 Å². The summed E-state index contributed by atoms with van der Waals surface area (Å²) in [5, 5.41) is 8.26. The van der Waals surface area contributed by atoms with Crippen molar-refractivity contribution in [2.24, 2.45) is 0 Å².